The van der Waals surface area contributed by atoms with Crippen LogP contribution in [0.2, 0.25) is 0 Å². The molecule has 7 heteroatoms. The summed E-state index contributed by atoms with van der Waals surface area (Å²) in [5, 5.41) is 14.1. The van der Waals surface area contributed by atoms with Crippen molar-refractivity contribution in [3.8, 4) is 12.3 Å². The molecular formula is C19H16N4O3. The third-order valence-electron chi connectivity index (χ3n) is 4.08. The Morgan fingerprint density at radius 3 is 2.73 bits per heavy atom. The lowest BCUT2D eigenvalue weighted by Gasteiger charge is -2.15. The molecule has 0 radical (unpaired) electrons. The molecule has 2 aromatic carbocycles. The van der Waals surface area contributed by atoms with Crippen molar-refractivity contribution in [1.29, 1.82) is 0 Å². The Balaban J connectivity index is 1.77. The second-order valence-electron chi connectivity index (χ2n) is 5.83. The Labute approximate surface area is 149 Å². The molecule has 7 nitrogen and oxygen atoms in total. The molecule has 1 aromatic heterocycles. The van der Waals surface area contributed by atoms with Crippen LogP contribution < -0.4 is 5.32 Å². The molecule has 0 aliphatic rings. The van der Waals surface area contributed by atoms with Gasteiger partial charge in [-0.3, -0.25) is 14.9 Å². The van der Waals surface area contributed by atoms with Crippen molar-refractivity contribution in [2.75, 3.05) is 0 Å². The van der Waals surface area contributed by atoms with Gasteiger partial charge >= 0.3 is 0 Å². The van der Waals surface area contributed by atoms with Gasteiger partial charge in [0.05, 0.1) is 22.8 Å². The summed E-state index contributed by atoms with van der Waals surface area (Å²) in [5.74, 6) is 2.27. The van der Waals surface area contributed by atoms with Crippen molar-refractivity contribution in [2.24, 2.45) is 0 Å². The van der Waals surface area contributed by atoms with Gasteiger partial charge in [0.2, 0.25) is 5.91 Å². The molecule has 0 spiro atoms. The highest BCUT2D eigenvalue weighted by Gasteiger charge is 2.18. The van der Waals surface area contributed by atoms with Crippen molar-refractivity contribution in [2.45, 2.75) is 19.5 Å². The lowest BCUT2D eigenvalue weighted by molar-refractivity contribution is -0.383. The van der Waals surface area contributed by atoms with E-state index in [0.717, 1.165) is 11.1 Å². The molecule has 1 heterocycles. The van der Waals surface area contributed by atoms with Crippen molar-refractivity contribution in [3.63, 3.8) is 0 Å². The third kappa shape index (κ3) is 3.39. The Bertz CT molecular complexity index is 1020. The van der Waals surface area contributed by atoms with Crippen LogP contribution in [-0.2, 0) is 11.3 Å². The number of fused-ring (bicyclic) bond motifs is 1. The monoisotopic (exact) mass is 348 g/mol. The first-order chi connectivity index (χ1) is 12.5. The number of amides is 1. The zero-order chi connectivity index (χ0) is 18.7. The fourth-order valence-electron chi connectivity index (χ4n) is 2.77. The van der Waals surface area contributed by atoms with Crippen molar-refractivity contribution in [1.82, 2.24) is 14.9 Å². The smallest absolute Gasteiger partial charge is 0.295 e. The summed E-state index contributed by atoms with van der Waals surface area (Å²) >= 11 is 0. The minimum Gasteiger partial charge on any atom is -0.348 e. The average Bonchev–Trinajstić information content (AvgIpc) is 3.04. The van der Waals surface area contributed by atoms with E-state index in [1.165, 1.54) is 17.0 Å². The van der Waals surface area contributed by atoms with Gasteiger partial charge in [0.1, 0.15) is 12.1 Å². The SMILES string of the molecule is C#Cc1ccc(C(C)NC(=O)Cn2cnc3cccc([N+](=O)[O-])c32)cc1. The van der Waals surface area contributed by atoms with Gasteiger partial charge < -0.3 is 9.88 Å². The number of imidazole rings is 1. The highest BCUT2D eigenvalue weighted by molar-refractivity contribution is 5.87. The van der Waals surface area contributed by atoms with E-state index < -0.39 is 4.92 Å². The number of terminal acetylenes is 1. The van der Waals surface area contributed by atoms with Crippen LogP contribution in [0.25, 0.3) is 11.0 Å². The average molecular weight is 348 g/mol. The van der Waals surface area contributed by atoms with E-state index in [4.69, 9.17) is 6.42 Å². The van der Waals surface area contributed by atoms with Crippen LogP contribution >= 0.6 is 0 Å². The first kappa shape index (κ1) is 17.2. The molecule has 0 saturated heterocycles. The molecule has 26 heavy (non-hydrogen) atoms. The van der Waals surface area contributed by atoms with Gasteiger partial charge in [-0.2, -0.15) is 0 Å². The molecular weight excluding hydrogens is 332 g/mol. The molecule has 1 amide bonds. The number of carbonyl (C=O) groups excluding carboxylic acids is 1. The van der Waals surface area contributed by atoms with Crippen LogP contribution in [0, 0.1) is 22.5 Å². The Hall–Kier alpha value is -3.66. The predicted octanol–water partition coefficient (Wildman–Crippen LogP) is 2.80. The second kappa shape index (κ2) is 7.07. The maximum Gasteiger partial charge on any atom is 0.295 e. The molecule has 130 valence electrons. The first-order valence-corrected chi connectivity index (χ1v) is 7.94. The van der Waals surface area contributed by atoms with Crippen LogP contribution in [0.1, 0.15) is 24.1 Å². The lowest BCUT2D eigenvalue weighted by Crippen LogP contribution is -2.30. The first-order valence-electron chi connectivity index (χ1n) is 7.94. The van der Waals surface area contributed by atoms with Gasteiger partial charge in [-0.25, -0.2) is 4.98 Å². The van der Waals surface area contributed by atoms with E-state index in [1.807, 2.05) is 31.2 Å². The van der Waals surface area contributed by atoms with Gasteiger partial charge in [0.15, 0.2) is 0 Å². The number of aromatic nitrogens is 2. The number of nitrogens with zero attached hydrogens (tertiary/aromatic N) is 3. The van der Waals surface area contributed by atoms with E-state index >= 15 is 0 Å². The van der Waals surface area contributed by atoms with E-state index in [2.05, 4.69) is 16.2 Å². The largest absolute Gasteiger partial charge is 0.348 e. The Morgan fingerprint density at radius 1 is 1.35 bits per heavy atom. The maximum absolute atomic E-state index is 12.4. The summed E-state index contributed by atoms with van der Waals surface area (Å²) in [6.07, 6.45) is 6.77. The molecule has 1 atom stereocenters. The van der Waals surface area contributed by atoms with E-state index in [0.29, 0.717) is 11.0 Å². The van der Waals surface area contributed by atoms with Gasteiger partial charge in [0.25, 0.3) is 5.69 Å². The van der Waals surface area contributed by atoms with Gasteiger partial charge in [0, 0.05) is 11.6 Å². The minimum absolute atomic E-state index is 0.0614. The minimum atomic E-state index is -0.478. The topological polar surface area (TPSA) is 90.1 Å². The normalized spacial score (nSPS) is 11.7. The van der Waals surface area contributed by atoms with Gasteiger partial charge in [-0.15, -0.1) is 6.42 Å². The van der Waals surface area contributed by atoms with Crippen molar-refractivity contribution in [3.05, 3.63) is 70.0 Å². The third-order valence-corrected chi connectivity index (χ3v) is 4.08. The van der Waals surface area contributed by atoms with Crippen LogP contribution in [0.15, 0.2) is 48.8 Å². The van der Waals surface area contributed by atoms with Gasteiger partial charge in [-0.05, 0) is 30.7 Å². The summed E-state index contributed by atoms with van der Waals surface area (Å²) in [4.78, 5) is 27.2. The molecule has 3 rings (SSSR count). The Kier molecular flexibility index (Phi) is 4.67. The summed E-state index contributed by atoms with van der Waals surface area (Å²) in [7, 11) is 0. The molecule has 0 aliphatic heterocycles. The fraction of sp³-hybridized carbons (Fsp3) is 0.158. The number of hydrogen-bond acceptors (Lipinski definition) is 4. The zero-order valence-corrected chi connectivity index (χ0v) is 14.0. The number of benzene rings is 2. The quantitative estimate of drug-likeness (QED) is 0.436. The van der Waals surface area contributed by atoms with E-state index in [9.17, 15) is 14.9 Å². The Morgan fingerprint density at radius 2 is 2.08 bits per heavy atom. The highest BCUT2D eigenvalue weighted by atomic mass is 16.6. The summed E-state index contributed by atoms with van der Waals surface area (Å²) in [6, 6.07) is 11.8. The van der Waals surface area contributed by atoms with Crippen LogP contribution in [0.5, 0.6) is 0 Å². The number of para-hydroxylation sites is 1. The van der Waals surface area contributed by atoms with Gasteiger partial charge in [-0.1, -0.05) is 24.1 Å². The fourth-order valence-corrected chi connectivity index (χ4v) is 2.77. The molecule has 1 unspecified atom stereocenters. The number of nitro benzene ring substituents is 1. The number of nitrogens with one attached hydrogen (secondary N) is 1. The van der Waals surface area contributed by atoms with Crippen molar-refractivity contribution >= 4 is 22.6 Å². The molecule has 0 fully saturated rings. The molecule has 0 aliphatic carbocycles. The predicted molar refractivity (Wildman–Crippen MR) is 97.3 cm³/mol. The molecule has 3 aromatic rings. The van der Waals surface area contributed by atoms with E-state index in [-0.39, 0.29) is 24.2 Å². The van der Waals surface area contributed by atoms with Crippen molar-refractivity contribution < 1.29 is 9.72 Å². The number of hydrogen-bond donors (Lipinski definition) is 1. The number of rotatable bonds is 5. The summed E-state index contributed by atoms with van der Waals surface area (Å²) < 4.78 is 1.48. The summed E-state index contributed by atoms with van der Waals surface area (Å²) in [6.45, 7) is 1.80. The van der Waals surface area contributed by atoms with E-state index in [1.54, 1.807) is 12.1 Å². The van der Waals surface area contributed by atoms with Crippen LogP contribution in [0.3, 0.4) is 0 Å². The molecule has 0 bridgehead atoms. The standard InChI is InChI=1S/C19H16N4O3/c1-3-14-7-9-15(10-8-14)13(2)21-18(24)11-22-12-20-16-5-4-6-17(19(16)22)23(25)26/h1,4-10,12-13H,11H2,2H3,(H,21,24). The number of nitro groups is 1. The number of non-ortho nitro benzene ring substituents is 1. The summed E-state index contributed by atoms with van der Waals surface area (Å²) in [5.41, 5.74) is 2.41. The lowest BCUT2D eigenvalue weighted by atomic mass is 10.1. The number of carbonyl (C=O) groups is 1. The van der Waals surface area contributed by atoms with Crippen LogP contribution in [-0.4, -0.2) is 20.4 Å². The zero-order valence-electron chi connectivity index (χ0n) is 14.0. The second-order valence-corrected chi connectivity index (χ2v) is 5.83. The highest BCUT2D eigenvalue weighted by Crippen LogP contribution is 2.24. The molecule has 0 saturated carbocycles. The van der Waals surface area contributed by atoms with Crippen LogP contribution in [0.4, 0.5) is 5.69 Å². The molecule has 1 N–H and O–H groups in total. The maximum atomic E-state index is 12.4.